The summed E-state index contributed by atoms with van der Waals surface area (Å²) in [5, 5.41) is 3.58. The van der Waals surface area contributed by atoms with Gasteiger partial charge in [-0.1, -0.05) is 37.6 Å². The number of benzene rings is 1. The van der Waals surface area contributed by atoms with Gasteiger partial charge in [-0.05, 0) is 23.6 Å². The molecule has 0 fully saturated rings. The summed E-state index contributed by atoms with van der Waals surface area (Å²) in [4.78, 5) is 11.3. The molecule has 2 nitrogen and oxygen atoms in total. The molecule has 1 aromatic carbocycles. The number of amides is 1. The van der Waals surface area contributed by atoms with Crippen LogP contribution in [-0.2, 0) is 4.79 Å². The third-order valence-corrected chi connectivity index (χ3v) is 2.83. The smallest absolute Gasteiger partial charge is 0.235 e. The van der Waals surface area contributed by atoms with Crippen molar-refractivity contribution in [1.29, 1.82) is 0 Å². The summed E-state index contributed by atoms with van der Waals surface area (Å²) in [6.45, 7) is 4.10. The lowest BCUT2D eigenvalue weighted by Crippen LogP contribution is -2.32. The van der Waals surface area contributed by atoms with Crippen molar-refractivity contribution in [2.45, 2.75) is 19.9 Å². The molecule has 0 aromatic heterocycles. The Morgan fingerprint density at radius 2 is 1.88 bits per heavy atom. The standard InChI is InChI=1S/C12H15Cl2NO/c1-8(2)12(15-11(16)7-13)9-3-5-10(14)6-4-9/h3-6,8,12H,7H2,1-2H3,(H,15,16). The van der Waals surface area contributed by atoms with Gasteiger partial charge in [0.05, 0.1) is 6.04 Å². The van der Waals surface area contributed by atoms with E-state index < -0.39 is 0 Å². The largest absolute Gasteiger partial charge is 0.348 e. The van der Waals surface area contributed by atoms with Gasteiger partial charge in [-0.2, -0.15) is 0 Å². The van der Waals surface area contributed by atoms with Gasteiger partial charge < -0.3 is 5.32 Å². The van der Waals surface area contributed by atoms with E-state index in [1.165, 1.54) is 0 Å². The Kier molecular flexibility index (Phi) is 5.10. The molecule has 1 N–H and O–H groups in total. The monoisotopic (exact) mass is 259 g/mol. The van der Waals surface area contributed by atoms with Gasteiger partial charge >= 0.3 is 0 Å². The van der Waals surface area contributed by atoms with Crippen molar-refractivity contribution < 1.29 is 4.79 Å². The lowest BCUT2D eigenvalue weighted by Gasteiger charge is -2.22. The van der Waals surface area contributed by atoms with E-state index in [0.29, 0.717) is 10.9 Å². The van der Waals surface area contributed by atoms with Gasteiger partial charge in [0.1, 0.15) is 5.88 Å². The molecule has 1 atom stereocenters. The minimum Gasteiger partial charge on any atom is -0.348 e. The van der Waals surface area contributed by atoms with Crippen LogP contribution in [0, 0.1) is 5.92 Å². The van der Waals surface area contributed by atoms with Crippen LogP contribution in [0.3, 0.4) is 0 Å². The molecule has 1 unspecified atom stereocenters. The maximum atomic E-state index is 11.3. The highest BCUT2D eigenvalue weighted by atomic mass is 35.5. The van der Waals surface area contributed by atoms with E-state index in [2.05, 4.69) is 5.32 Å². The van der Waals surface area contributed by atoms with Gasteiger partial charge in [-0.3, -0.25) is 4.79 Å². The Balaban J connectivity index is 2.85. The average Bonchev–Trinajstić information content (AvgIpc) is 2.26. The third kappa shape index (κ3) is 3.69. The van der Waals surface area contributed by atoms with Crippen LogP contribution >= 0.6 is 23.2 Å². The highest BCUT2D eigenvalue weighted by molar-refractivity contribution is 6.30. The molecule has 4 heteroatoms. The first kappa shape index (κ1) is 13.3. The number of halogens is 2. The second kappa shape index (κ2) is 6.12. The lowest BCUT2D eigenvalue weighted by atomic mass is 9.96. The number of carbonyl (C=O) groups is 1. The van der Waals surface area contributed by atoms with Crippen molar-refractivity contribution in [2.75, 3.05) is 5.88 Å². The molecule has 0 radical (unpaired) electrons. The van der Waals surface area contributed by atoms with Crippen molar-refractivity contribution in [3.05, 3.63) is 34.9 Å². The number of alkyl halides is 1. The summed E-state index contributed by atoms with van der Waals surface area (Å²) < 4.78 is 0. The first-order chi connectivity index (χ1) is 7.54. The molecular formula is C12H15Cl2NO. The topological polar surface area (TPSA) is 29.1 Å². The minimum absolute atomic E-state index is 0.0171. The predicted molar refractivity (Wildman–Crippen MR) is 67.9 cm³/mol. The zero-order valence-electron chi connectivity index (χ0n) is 9.34. The molecule has 0 bridgehead atoms. The number of carbonyl (C=O) groups excluding carboxylic acids is 1. The molecule has 0 heterocycles. The summed E-state index contributed by atoms with van der Waals surface area (Å²) in [6, 6.07) is 7.45. The van der Waals surface area contributed by atoms with Crippen molar-refractivity contribution in [3.8, 4) is 0 Å². The summed E-state index contributed by atoms with van der Waals surface area (Å²) in [5.41, 5.74) is 1.04. The highest BCUT2D eigenvalue weighted by Gasteiger charge is 2.17. The Morgan fingerprint density at radius 3 is 2.31 bits per heavy atom. The van der Waals surface area contributed by atoms with Crippen molar-refractivity contribution in [1.82, 2.24) is 5.32 Å². The van der Waals surface area contributed by atoms with Crippen LogP contribution in [-0.4, -0.2) is 11.8 Å². The molecule has 0 aliphatic rings. The number of hydrogen-bond acceptors (Lipinski definition) is 1. The molecule has 1 aromatic rings. The molecule has 0 saturated heterocycles. The Hall–Kier alpha value is -0.730. The quantitative estimate of drug-likeness (QED) is 0.826. The molecule has 88 valence electrons. The maximum Gasteiger partial charge on any atom is 0.235 e. The SMILES string of the molecule is CC(C)C(NC(=O)CCl)c1ccc(Cl)cc1. The predicted octanol–water partition coefficient (Wildman–Crippen LogP) is 3.39. The van der Waals surface area contributed by atoms with Crippen LogP contribution < -0.4 is 5.32 Å². The van der Waals surface area contributed by atoms with Crippen LogP contribution in [0.2, 0.25) is 5.02 Å². The van der Waals surface area contributed by atoms with Gasteiger partial charge in [0.2, 0.25) is 5.91 Å². The van der Waals surface area contributed by atoms with Gasteiger partial charge in [0.25, 0.3) is 0 Å². The molecule has 0 saturated carbocycles. The Morgan fingerprint density at radius 1 is 1.31 bits per heavy atom. The van der Waals surface area contributed by atoms with Crippen LogP contribution in [0.4, 0.5) is 0 Å². The Bertz CT molecular complexity index is 349. The van der Waals surface area contributed by atoms with Crippen molar-refractivity contribution in [3.63, 3.8) is 0 Å². The molecule has 1 amide bonds. The van der Waals surface area contributed by atoms with E-state index in [4.69, 9.17) is 23.2 Å². The zero-order valence-corrected chi connectivity index (χ0v) is 10.8. The highest BCUT2D eigenvalue weighted by Crippen LogP contribution is 2.23. The summed E-state index contributed by atoms with van der Waals surface area (Å²) in [7, 11) is 0. The fourth-order valence-electron chi connectivity index (χ4n) is 1.52. The molecule has 16 heavy (non-hydrogen) atoms. The van der Waals surface area contributed by atoms with Gasteiger partial charge in [-0.15, -0.1) is 11.6 Å². The van der Waals surface area contributed by atoms with Gasteiger partial charge in [0.15, 0.2) is 0 Å². The molecule has 1 rings (SSSR count). The number of hydrogen-bond donors (Lipinski definition) is 1. The van der Waals surface area contributed by atoms with Crippen LogP contribution in [0.5, 0.6) is 0 Å². The molecule has 0 aliphatic carbocycles. The second-order valence-electron chi connectivity index (χ2n) is 3.97. The van der Waals surface area contributed by atoms with Crippen LogP contribution in [0.25, 0.3) is 0 Å². The normalized spacial score (nSPS) is 12.6. The van der Waals surface area contributed by atoms with E-state index in [1.807, 2.05) is 38.1 Å². The summed E-state index contributed by atoms with van der Waals surface area (Å²) in [6.07, 6.45) is 0. The van der Waals surface area contributed by atoms with Crippen LogP contribution in [0.15, 0.2) is 24.3 Å². The number of nitrogens with one attached hydrogen (secondary N) is 1. The maximum absolute atomic E-state index is 11.3. The van der Waals surface area contributed by atoms with Crippen LogP contribution in [0.1, 0.15) is 25.5 Å². The first-order valence-electron chi connectivity index (χ1n) is 5.15. The zero-order chi connectivity index (χ0) is 12.1. The minimum atomic E-state index is -0.157. The first-order valence-corrected chi connectivity index (χ1v) is 6.06. The second-order valence-corrected chi connectivity index (χ2v) is 4.68. The van der Waals surface area contributed by atoms with E-state index in [1.54, 1.807) is 0 Å². The fraction of sp³-hybridized carbons (Fsp3) is 0.417. The lowest BCUT2D eigenvalue weighted by molar-refractivity contribution is -0.119. The summed E-state index contributed by atoms with van der Waals surface area (Å²) in [5.74, 6) is 0.125. The van der Waals surface area contributed by atoms with Crippen molar-refractivity contribution >= 4 is 29.1 Å². The van der Waals surface area contributed by atoms with E-state index in [9.17, 15) is 4.79 Å². The average molecular weight is 260 g/mol. The molecule has 0 aliphatic heterocycles. The fourth-order valence-corrected chi connectivity index (χ4v) is 1.72. The summed E-state index contributed by atoms with van der Waals surface area (Å²) >= 11 is 11.3. The van der Waals surface area contributed by atoms with E-state index >= 15 is 0 Å². The van der Waals surface area contributed by atoms with E-state index in [0.717, 1.165) is 5.56 Å². The third-order valence-electron chi connectivity index (χ3n) is 2.33. The Labute approximate surface area is 106 Å². The van der Waals surface area contributed by atoms with Gasteiger partial charge in [-0.25, -0.2) is 0 Å². The molecular weight excluding hydrogens is 245 g/mol. The van der Waals surface area contributed by atoms with Crippen molar-refractivity contribution in [2.24, 2.45) is 5.92 Å². The molecule has 0 spiro atoms. The van der Waals surface area contributed by atoms with Gasteiger partial charge in [0, 0.05) is 5.02 Å². The number of rotatable bonds is 4. The van der Waals surface area contributed by atoms with E-state index in [-0.39, 0.29) is 17.8 Å².